The van der Waals surface area contributed by atoms with Crippen molar-refractivity contribution in [1.82, 2.24) is 4.98 Å². The lowest BCUT2D eigenvalue weighted by Gasteiger charge is -2.07. The number of hydrogen-bond acceptors (Lipinski definition) is 4. The Hall–Kier alpha value is -2.40. The first-order valence-corrected chi connectivity index (χ1v) is 6.81. The Kier molecular flexibility index (Phi) is 3.83. The molecule has 6 heteroatoms. The molecule has 0 fully saturated rings. The van der Waals surface area contributed by atoms with Gasteiger partial charge in [0, 0.05) is 12.6 Å². The molecule has 0 bridgehead atoms. The van der Waals surface area contributed by atoms with Gasteiger partial charge in [-0.05, 0) is 17.7 Å². The summed E-state index contributed by atoms with van der Waals surface area (Å²) in [6.07, 6.45) is 1.74. The van der Waals surface area contributed by atoms with Crippen LogP contribution in [0.2, 0.25) is 5.02 Å². The van der Waals surface area contributed by atoms with Crippen molar-refractivity contribution in [2.75, 3.05) is 5.32 Å². The van der Waals surface area contributed by atoms with E-state index < -0.39 is 0 Å². The number of nitrogens with one attached hydrogen (secondary N) is 1. The second-order valence-electron chi connectivity index (χ2n) is 4.53. The van der Waals surface area contributed by atoms with Gasteiger partial charge in [-0.25, -0.2) is 4.98 Å². The number of anilines is 1. The van der Waals surface area contributed by atoms with Crippen LogP contribution in [0.25, 0.3) is 0 Å². The number of hydrogen-bond donors (Lipinski definition) is 1. The molecule has 2 aromatic rings. The molecule has 0 spiro atoms. The summed E-state index contributed by atoms with van der Waals surface area (Å²) in [7, 11) is 0. The molecule has 106 valence electrons. The monoisotopic (exact) mass is 301 g/mol. The fraction of sp³-hybridized carbons (Fsp3) is 0.133. The fourth-order valence-electron chi connectivity index (χ4n) is 2.02. The number of nitrogens with zero attached hydrogens (tertiary/aromatic N) is 2. The van der Waals surface area contributed by atoms with Crippen LogP contribution < -0.4 is 5.32 Å². The summed E-state index contributed by atoms with van der Waals surface area (Å²) < 4.78 is 0. The molecule has 5 nitrogen and oxygen atoms in total. The molecule has 1 aliphatic heterocycles. The topological polar surface area (TPSA) is 63.6 Å². The number of carbonyl (C=O) groups excluding carboxylic acids is 1. The minimum Gasteiger partial charge on any atom is -0.387 e. The number of carbonyl (C=O) groups is 1. The Bertz CT molecular complexity index is 688. The third-order valence-corrected chi connectivity index (χ3v) is 3.40. The van der Waals surface area contributed by atoms with Gasteiger partial charge in [0.15, 0.2) is 11.9 Å². The van der Waals surface area contributed by atoms with E-state index in [-0.39, 0.29) is 12.0 Å². The van der Waals surface area contributed by atoms with Gasteiger partial charge in [0.1, 0.15) is 5.71 Å². The van der Waals surface area contributed by atoms with Gasteiger partial charge in [0.05, 0.1) is 5.02 Å². The van der Waals surface area contributed by atoms with E-state index >= 15 is 0 Å². The van der Waals surface area contributed by atoms with Gasteiger partial charge in [-0.15, -0.1) is 0 Å². The maximum absolute atomic E-state index is 12.1. The van der Waals surface area contributed by atoms with E-state index in [9.17, 15) is 4.79 Å². The molecule has 0 saturated carbocycles. The Morgan fingerprint density at radius 1 is 1.24 bits per heavy atom. The molecule has 1 amide bonds. The van der Waals surface area contributed by atoms with Gasteiger partial charge in [0.25, 0.3) is 5.91 Å². The second kappa shape index (κ2) is 5.93. The smallest absolute Gasteiger partial charge is 0.274 e. The lowest BCUT2D eigenvalue weighted by Crippen LogP contribution is -2.22. The average molecular weight is 302 g/mol. The Labute approximate surface area is 126 Å². The van der Waals surface area contributed by atoms with Crippen molar-refractivity contribution in [3.63, 3.8) is 0 Å². The SMILES string of the molecule is O=C(Nc1ncccc1Cl)C1=NOC(c2ccccc2)C1. The van der Waals surface area contributed by atoms with E-state index in [0.29, 0.717) is 23.0 Å². The van der Waals surface area contributed by atoms with Crippen molar-refractivity contribution < 1.29 is 9.63 Å². The molecule has 0 radical (unpaired) electrons. The molecule has 0 aliphatic carbocycles. The summed E-state index contributed by atoms with van der Waals surface area (Å²) >= 11 is 5.95. The van der Waals surface area contributed by atoms with Crippen molar-refractivity contribution in [2.24, 2.45) is 5.16 Å². The first-order valence-electron chi connectivity index (χ1n) is 6.43. The maximum Gasteiger partial charge on any atom is 0.274 e. The maximum atomic E-state index is 12.1. The lowest BCUT2D eigenvalue weighted by atomic mass is 10.0. The molecule has 1 aromatic heterocycles. The van der Waals surface area contributed by atoms with Crippen LogP contribution in [0.3, 0.4) is 0 Å². The molecule has 1 N–H and O–H groups in total. The van der Waals surface area contributed by atoms with Gasteiger partial charge >= 0.3 is 0 Å². The van der Waals surface area contributed by atoms with E-state index in [1.165, 1.54) is 0 Å². The van der Waals surface area contributed by atoms with Gasteiger partial charge in [-0.1, -0.05) is 47.1 Å². The number of aromatic nitrogens is 1. The van der Waals surface area contributed by atoms with Crippen LogP contribution in [0.5, 0.6) is 0 Å². The van der Waals surface area contributed by atoms with E-state index in [1.54, 1.807) is 18.3 Å². The Morgan fingerprint density at radius 2 is 2.05 bits per heavy atom. The summed E-state index contributed by atoms with van der Waals surface area (Å²) in [5.74, 6) is -0.0379. The molecule has 21 heavy (non-hydrogen) atoms. The highest BCUT2D eigenvalue weighted by atomic mass is 35.5. The van der Waals surface area contributed by atoms with Gasteiger partial charge < -0.3 is 10.2 Å². The number of benzene rings is 1. The highest BCUT2D eigenvalue weighted by Crippen LogP contribution is 2.27. The Morgan fingerprint density at radius 3 is 2.81 bits per heavy atom. The summed E-state index contributed by atoms with van der Waals surface area (Å²) in [4.78, 5) is 21.4. The first-order chi connectivity index (χ1) is 10.2. The van der Waals surface area contributed by atoms with Gasteiger partial charge in [-0.2, -0.15) is 0 Å². The summed E-state index contributed by atoms with van der Waals surface area (Å²) in [6.45, 7) is 0. The van der Waals surface area contributed by atoms with Crippen LogP contribution >= 0.6 is 11.6 Å². The van der Waals surface area contributed by atoms with Crippen LogP contribution in [0.4, 0.5) is 5.82 Å². The number of halogens is 1. The van der Waals surface area contributed by atoms with Crippen LogP contribution in [0, 0.1) is 0 Å². The normalized spacial score (nSPS) is 17.0. The number of oxime groups is 1. The molecule has 1 atom stereocenters. The third-order valence-electron chi connectivity index (χ3n) is 3.09. The summed E-state index contributed by atoms with van der Waals surface area (Å²) in [5, 5.41) is 6.86. The van der Waals surface area contributed by atoms with Crippen molar-refractivity contribution in [3.8, 4) is 0 Å². The largest absolute Gasteiger partial charge is 0.387 e. The predicted octanol–water partition coefficient (Wildman–Crippen LogP) is 3.19. The molecule has 1 aromatic carbocycles. The van der Waals surface area contributed by atoms with Crippen molar-refractivity contribution in [2.45, 2.75) is 12.5 Å². The van der Waals surface area contributed by atoms with Gasteiger partial charge in [-0.3, -0.25) is 4.79 Å². The zero-order chi connectivity index (χ0) is 14.7. The van der Waals surface area contributed by atoms with Crippen LogP contribution in [0.1, 0.15) is 18.1 Å². The predicted molar refractivity (Wildman–Crippen MR) is 80.2 cm³/mol. The van der Waals surface area contributed by atoms with Crippen LogP contribution in [-0.4, -0.2) is 16.6 Å². The molecule has 3 rings (SSSR count). The first kappa shape index (κ1) is 13.6. The van der Waals surface area contributed by atoms with Crippen molar-refractivity contribution in [3.05, 3.63) is 59.2 Å². The van der Waals surface area contributed by atoms with Gasteiger partial charge in [0.2, 0.25) is 0 Å². The average Bonchev–Trinajstić information content (AvgIpc) is 3.00. The van der Waals surface area contributed by atoms with E-state index in [1.807, 2.05) is 30.3 Å². The van der Waals surface area contributed by atoms with E-state index in [0.717, 1.165) is 5.56 Å². The molecular weight excluding hydrogens is 290 g/mol. The number of amides is 1. The molecule has 1 unspecified atom stereocenters. The van der Waals surface area contributed by atoms with Crippen molar-refractivity contribution in [1.29, 1.82) is 0 Å². The number of rotatable bonds is 3. The highest BCUT2D eigenvalue weighted by molar-refractivity contribution is 6.44. The lowest BCUT2D eigenvalue weighted by molar-refractivity contribution is -0.110. The summed E-state index contributed by atoms with van der Waals surface area (Å²) in [5.41, 5.74) is 1.31. The van der Waals surface area contributed by atoms with Crippen LogP contribution in [-0.2, 0) is 9.63 Å². The number of pyridine rings is 1. The standard InChI is InChI=1S/C15H12ClN3O2/c16-11-7-4-8-17-14(11)18-15(20)12-9-13(21-19-12)10-5-2-1-3-6-10/h1-8,13H,9H2,(H,17,18,20). The molecule has 0 saturated heterocycles. The Balaban J connectivity index is 1.66. The summed E-state index contributed by atoms with van der Waals surface area (Å²) in [6, 6.07) is 13.0. The minimum atomic E-state index is -0.353. The highest BCUT2D eigenvalue weighted by Gasteiger charge is 2.27. The minimum absolute atomic E-state index is 0.230. The molecule has 1 aliphatic rings. The quantitative estimate of drug-likeness (QED) is 0.947. The second-order valence-corrected chi connectivity index (χ2v) is 4.94. The third kappa shape index (κ3) is 3.03. The zero-order valence-electron chi connectivity index (χ0n) is 11.0. The van der Waals surface area contributed by atoms with E-state index in [4.69, 9.17) is 16.4 Å². The molecule has 2 heterocycles. The fourth-order valence-corrected chi connectivity index (χ4v) is 2.18. The molecular formula is C15H12ClN3O2. The van der Waals surface area contributed by atoms with E-state index in [2.05, 4.69) is 15.5 Å². The zero-order valence-corrected chi connectivity index (χ0v) is 11.7. The van der Waals surface area contributed by atoms with Crippen LogP contribution in [0.15, 0.2) is 53.8 Å². The van der Waals surface area contributed by atoms with Crippen molar-refractivity contribution >= 4 is 29.0 Å².